The Morgan fingerprint density at radius 1 is 1.11 bits per heavy atom. The number of unbranched alkanes of at least 4 members (excludes halogenated alkanes) is 2. The minimum Gasteiger partial charge on any atom is -0.356 e. The first-order chi connectivity index (χ1) is 13.6. The van der Waals surface area contributed by atoms with Crippen LogP contribution in [0, 0.1) is 5.82 Å². The second kappa shape index (κ2) is 9.54. The number of carbonyl (C=O) groups excluding carboxylic acids is 1. The summed E-state index contributed by atoms with van der Waals surface area (Å²) in [4.78, 5) is 12.6. The van der Waals surface area contributed by atoms with Crippen LogP contribution < -0.4 is 5.32 Å². The molecule has 3 rings (SSSR count). The fraction of sp³-hybridized carbons (Fsp3) is 0.375. The van der Waals surface area contributed by atoms with Crippen LogP contribution in [0.1, 0.15) is 56.6 Å². The van der Waals surface area contributed by atoms with Crippen molar-refractivity contribution in [1.29, 1.82) is 0 Å². The summed E-state index contributed by atoms with van der Waals surface area (Å²) in [5.74, 6) is -0.441. The Hall–Kier alpha value is -2.62. The van der Waals surface area contributed by atoms with Crippen LogP contribution in [0.3, 0.4) is 0 Å². The molecule has 1 atom stereocenters. The number of aromatic nitrogens is 1. The third-order valence-corrected chi connectivity index (χ3v) is 5.28. The number of hydrogen-bond acceptors (Lipinski definition) is 1. The lowest BCUT2D eigenvalue weighted by atomic mass is 9.88. The summed E-state index contributed by atoms with van der Waals surface area (Å²) in [6.45, 7) is 5.79. The Kier molecular flexibility index (Phi) is 6.85. The number of carbonyl (C=O) groups is 1. The van der Waals surface area contributed by atoms with E-state index in [2.05, 4.69) is 42.1 Å². The molecular formula is C24H29FN2O. The Bertz CT molecular complexity index is 931. The van der Waals surface area contributed by atoms with E-state index in [1.807, 2.05) is 18.2 Å². The largest absolute Gasteiger partial charge is 0.356 e. The standard InChI is InChI=1S/C24H29FN2O/c1-3-5-8-14-26-24(28)16-21(18-10-9-11-19(25)15-18)22-17-27(4-2)23-13-7-6-12-20(22)23/h6-7,9-13,15,17,21H,3-5,8,14,16H2,1-2H3,(H,26,28). The molecule has 0 fully saturated rings. The van der Waals surface area contributed by atoms with Crippen molar-refractivity contribution in [2.45, 2.75) is 52.0 Å². The van der Waals surface area contributed by atoms with E-state index in [-0.39, 0.29) is 17.6 Å². The first-order valence-corrected chi connectivity index (χ1v) is 10.2. The Labute approximate surface area is 166 Å². The van der Waals surface area contributed by atoms with Gasteiger partial charge in [-0.3, -0.25) is 4.79 Å². The second-order valence-corrected chi connectivity index (χ2v) is 7.26. The molecule has 1 aromatic heterocycles. The van der Waals surface area contributed by atoms with Crippen molar-refractivity contribution in [2.75, 3.05) is 6.54 Å². The monoisotopic (exact) mass is 380 g/mol. The highest BCUT2D eigenvalue weighted by Crippen LogP contribution is 2.35. The van der Waals surface area contributed by atoms with Gasteiger partial charge in [-0.05, 0) is 42.7 Å². The van der Waals surface area contributed by atoms with Gasteiger partial charge in [-0.1, -0.05) is 50.1 Å². The lowest BCUT2D eigenvalue weighted by Crippen LogP contribution is -2.26. The Morgan fingerprint density at radius 3 is 2.68 bits per heavy atom. The number of nitrogens with zero attached hydrogens (tertiary/aromatic N) is 1. The molecule has 1 unspecified atom stereocenters. The van der Waals surface area contributed by atoms with Crippen LogP contribution in [0.25, 0.3) is 10.9 Å². The van der Waals surface area contributed by atoms with Crippen LogP contribution in [0.15, 0.2) is 54.7 Å². The second-order valence-electron chi connectivity index (χ2n) is 7.26. The highest BCUT2D eigenvalue weighted by molar-refractivity contribution is 5.86. The number of hydrogen-bond donors (Lipinski definition) is 1. The number of rotatable bonds is 9. The van der Waals surface area contributed by atoms with Crippen LogP contribution in [0.5, 0.6) is 0 Å². The Balaban J connectivity index is 1.94. The summed E-state index contributed by atoms with van der Waals surface area (Å²) in [5.41, 5.74) is 3.05. The van der Waals surface area contributed by atoms with Crippen molar-refractivity contribution < 1.29 is 9.18 Å². The molecule has 3 nitrogen and oxygen atoms in total. The normalized spacial score (nSPS) is 12.2. The number of halogens is 1. The quantitative estimate of drug-likeness (QED) is 0.480. The highest BCUT2D eigenvalue weighted by atomic mass is 19.1. The third kappa shape index (κ3) is 4.61. The molecule has 2 aromatic carbocycles. The smallest absolute Gasteiger partial charge is 0.220 e. The van der Waals surface area contributed by atoms with Gasteiger partial charge in [-0.15, -0.1) is 0 Å². The maximum Gasteiger partial charge on any atom is 0.220 e. The minimum absolute atomic E-state index is 0.0127. The molecular weight excluding hydrogens is 351 g/mol. The maximum absolute atomic E-state index is 13.9. The summed E-state index contributed by atoms with van der Waals surface area (Å²) in [6.07, 6.45) is 5.65. The van der Waals surface area contributed by atoms with Crippen LogP contribution in [0.2, 0.25) is 0 Å². The number of para-hydroxylation sites is 1. The molecule has 28 heavy (non-hydrogen) atoms. The summed E-state index contributed by atoms with van der Waals surface area (Å²) in [5, 5.41) is 4.15. The van der Waals surface area contributed by atoms with Gasteiger partial charge in [0, 0.05) is 42.5 Å². The summed E-state index contributed by atoms with van der Waals surface area (Å²) < 4.78 is 16.1. The fourth-order valence-electron chi connectivity index (χ4n) is 3.81. The number of aryl methyl sites for hydroxylation is 1. The fourth-order valence-corrected chi connectivity index (χ4v) is 3.81. The average molecular weight is 381 g/mol. The van der Waals surface area contributed by atoms with Gasteiger partial charge in [-0.25, -0.2) is 4.39 Å². The van der Waals surface area contributed by atoms with Crippen molar-refractivity contribution in [3.8, 4) is 0 Å². The first-order valence-electron chi connectivity index (χ1n) is 10.2. The molecule has 0 saturated carbocycles. The molecule has 0 aliphatic rings. The SMILES string of the molecule is CCCCCNC(=O)CC(c1cccc(F)c1)c1cn(CC)c2ccccc12. The van der Waals surface area contributed by atoms with E-state index in [0.29, 0.717) is 13.0 Å². The molecule has 1 heterocycles. The highest BCUT2D eigenvalue weighted by Gasteiger charge is 2.22. The molecule has 1 amide bonds. The van der Waals surface area contributed by atoms with Gasteiger partial charge >= 0.3 is 0 Å². The van der Waals surface area contributed by atoms with Crippen molar-refractivity contribution in [2.24, 2.45) is 0 Å². The molecule has 1 N–H and O–H groups in total. The van der Waals surface area contributed by atoms with Gasteiger partial charge in [0.15, 0.2) is 0 Å². The zero-order valence-electron chi connectivity index (χ0n) is 16.7. The Morgan fingerprint density at radius 2 is 1.93 bits per heavy atom. The molecule has 0 aliphatic carbocycles. The zero-order valence-corrected chi connectivity index (χ0v) is 16.7. The third-order valence-electron chi connectivity index (χ3n) is 5.28. The number of fused-ring (bicyclic) bond motifs is 1. The lowest BCUT2D eigenvalue weighted by Gasteiger charge is -2.17. The average Bonchev–Trinajstić information content (AvgIpc) is 3.08. The van der Waals surface area contributed by atoms with Crippen molar-refractivity contribution >= 4 is 16.8 Å². The van der Waals surface area contributed by atoms with Gasteiger partial charge in [0.05, 0.1) is 0 Å². The van der Waals surface area contributed by atoms with E-state index in [1.165, 1.54) is 6.07 Å². The molecule has 0 saturated heterocycles. The van der Waals surface area contributed by atoms with E-state index in [1.54, 1.807) is 12.1 Å². The van der Waals surface area contributed by atoms with Crippen molar-refractivity contribution in [3.63, 3.8) is 0 Å². The molecule has 0 radical (unpaired) electrons. The van der Waals surface area contributed by atoms with Gasteiger partial charge in [0.2, 0.25) is 5.91 Å². The van der Waals surface area contributed by atoms with E-state index < -0.39 is 0 Å². The molecule has 3 aromatic rings. The molecule has 0 bridgehead atoms. The van der Waals surface area contributed by atoms with Crippen molar-refractivity contribution in [1.82, 2.24) is 9.88 Å². The van der Waals surface area contributed by atoms with Crippen molar-refractivity contribution in [3.05, 3.63) is 71.7 Å². The first kappa shape index (κ1) is 20.1. The summed E-state index contributed by atoms with van der Waals surface area (Å²) in [6, 6.07) is 14.8. The van der Waals surface area contributed by atoms with Crippen LogP contribution in [0.4, 0.5) is 4.39 Å². The van der Waals surface area contributed by atoms with Gasteiger partial charge in [0.1, 0.15) is 5.82 Å². The van der Waals surface area contributed by atoms with Crippen LogP contribution in [-0.2, 0) is 11.3 Å². The molecule has 4 heteroatoms. The van der Waals surface area contributed by atoms with Gasteiger partial charge < -0.3 is 9.88 Å². The molecule has 0 spiro atoms. The molecule has 148 valence electrons. The lowest BCUT2D eigenvalue weighted by molar-refractivity contribution is -0.121. The minimum atomic E-state index is -0.273. The zero-order chi connectivity index (χ0) is 19.9. The predicted molar refractivity (Wildman–Crippen MR) is 113 cm³/mol. The van der Waals surface area contributed by atoms with Gasteiger partial charge in [0.25, 0.3) is 0 Å². The van der Waals surface area contributed by atoms with E-state index in [4.69, 9.17) is 0 Å². The van der Waals surface area contributed by atoms with Crippen LogP contribution >= 0.6 is 0 Å². The number of nitrogens with one attached hydrogen (secondary N) is 1. The maximum atomic E-state index is 13.9. The summed E-state index contributed by atoms with van der Waals surface area (Å²) >= 11 is 0. The molecule has 0 aliphatic heterocycles. The number of amides is 1. The van der Waals surface area contributed by atoms with Gasteiger partial charge in [-0.2, -0.15) is 0 Å². The van der Waals surface area contributed by atoms with Crippen LogP contribution in [-0.4, -0.2) is 17.0 Å². The predicted octanol–water partition coefficient (Wildman–Crippen LogP) is 5.63. The summed E-state index contributed by atoms with van der Waals surface area (Å²) in [7, 11) is 0. The topological polar surface area (TPSA) is 34.0 Å². The number of benzene rings is 2. The van der Waals surface area contributed by atoms with E-state index >= 15 is 0 Å². The van der Waals surface area contributed by atoms with E-state index in [9.17, 15) is 9.18 Å². The van der Waals surface area contributed by atoms with E-state index in [0.717, 1.165) is 47.8 Å².